The van der Waals surface area contributed by atoms with Crippen molar-refractivity contribution in [2.75, 3.05) is 13.2 Å². The van der Waals surface area contributed by atoms with E-state index in [1.165, 1.54) is 0 Å². The zero-order valence-corrected chi connectivity index (χ0v) is 5.33. The Morgan fingerprint density at radius 1 is 1.11 bits per heavy atom. The molecule has 0 aromatic rings. The van der Waals surface area contributed by atoms with Gasteiger partial charge in [0.25, 0.3) is 0 Å². The number of rotatable bonds is 4. The summed E-state index contributed by atoms with van der Waals surface area (Å²) in [6, 6.07) is -0.697. The highest BCUT2D eigenvalue weighted by Crippen LogP contribution is 1.90. The van der Waals surface area contributed by atoms with E-state index in [0.717, 1.165) is 0 Å². The van der Waals surface area contributed by atoms with Gasteiger partial charge in [-0.2, -0.15) is 0 Å². The van der Waals surface area contributed by atoms with Crippen LogP contribution in [-0.2, 0) is 0 Å². The van der Waals surface area contributed by atoms with Crippen molar-refractivity contribution in [2.24, 2.45) is 11.5 Å². The van der Waals surface area contributed by atoms with Crippen LogP contribution in [0.25, 0.3) is 0 Å². The predicted octanol–water partition coefficient (Wildman–Crippen LogP) is -1.98. The van der Waals surface area contributed by atoms with Crippen LogP contribution in [0.15, 0.2) is 0 Å². The van der Waals surface area contributed by atoms with E-state index in [1.807, 2.05) is 0 Å². The molecule has 0 unspecified atom stereocenters. The Labute approximate surface area is 54.5 Å². The molecule has 6 N–H and O–H groups in total. The van der Waals surface area contributed by atoms with Gasteiger partial charge in [0.05, 0.1) is 6.61 Å². The Morgan fingerprint density at radius 3 is 2.00 bits per heavy atom. The summed E-state index contributed by atoms with van der Waals surface area (Å²) in [7, 11) is 0. The van der Waals surface area contributed by atoms with Gasteiger partial charge in [-0.05, 0) is 6.42 Å². The summed E-state index contributed by atoms with van der Waals surface area (Å²) in [5.41, 5.74) is 10.7. The molecule has 0 aromatic carbocycles. The van der Waals surface area contributed by atoms with Crippen LogP contribution in [0.2, 0.25) is 0 Å². The van der Waals surface area contributed by atoms with Gasteiger partial charge in [-0.1, -0.05) is 0 Å². The third kappa shape index (κ3) is 3.42. The first-order chi connectivity index (χ1) is 4.22. The Bertz CT molecular complexity index is 70.0. The highest BCUT2D eigenvalue weighted by Gasteiger charge is 2.09. The number of aliphatic hydroxyl groups is 2. The van der Waals surface area contributed by atoms with Crippen LogP contribution < -0.4 is 11.5 Å². The molecule has 56 valence electrons. The zero-order valence-electron chi connectivity index (χ0n) is 5.33. The summed E-state index contributed by atoms with van der Waals surface area (Å²) in [4.78, 5) is 0. The Kier molecular flexibility index (Phi) is 4.61. The summed E-state index contributed by atoms with van der Waals surface area (Å²) in [5.74, 6) is 0. The Morgan fingerprint density at radius 2 is 1.67 bits per heavy atom. The second kappa shape index (κ2) is 4.69. The molecule has 0 aromatic heterocycles. The lowest BCUT2D eigenvalue weighted by Crippen LogP contribution is -2.44. The molecule has 0 spiro atoms. The minimum absolute atomic E-state index is 0.0227. The molecular formula is C5H14N2O2. The van der Waals surface area contributed by atoms with Crippen LogP contribution in [0.1, 0.15) is 6.42 Å². The van der Waals surface area contributed by atoms with Gasteiger partial charge >= 0.3 is 0 Å². The van der Waals surface area contributed by atoms with E-state index in [-0.39, 0.29) is 19.3 Å². The molecule has 0 aliphatic heterocycles. The minimum Gasteiger partial charge on any atom is -0.396 e. The monoisotopic (exact) mass is 134 g/mol. The largest absolute Gasteiger partial charge is 0.396 e. The molecule has 0 saturated carbocycles. The van der Waals surface area contributed by atoms with Crippen molar-refractivity contribution in [3.63, 3.8) is 0 Å². The van der Waals surface area contributed by atoms with E-state index in [0.29, 0.717) is 6.42 Å². The minimum atomic E-state index is -0.405. The van der Waals surface area contributed by atoms with Gasteiger partial charge in [-0.3, -0.25) is 0 Å². The first-order valence-electron chi connectivity index (χ1n) is 2.95. The van der Waals surface area contributed by atoms with Crippen LogP contribution in [0.4, 0.5) is 0 Å². The molecule has 0 bridgehead atoms. The molecule has 4 nitrogen and oxygen atoms in total. The first kappa shape index (κ1) is 8.84. The van der Waals surface area contributed by atoms with E-state index >= 15 is 0 Å². The molecule has 0 amide bonds. The van der Waals surface area contributed by atoms with Crippen molar-refractivity contribution in [3.8, 4) is 0 Å². The maximum Gasteiger partial charge on any atom is 0.0597 e. The Hall–Kier alpha value is -0.160. The van der Waals surface area contributed by atoms with E-state index in [4.69, 9.17) is 21.7 Å². The van der Waals surface area contributed by atoms with Gasteiger partial charge in [0.1, 0.15) is 0 Å². The lowest BCUT2D eigenvalue weighted by atomic mass is 10.1. The van der Waals surface area contributed by atoms with Gasteiger partial charge in [-0.15, -0.1) is 0 Å². The topological polar surface area (TPSA) is 92.5 Å². The van der Waals surface area contributed by atoms with Crippen LogP contribution in [0, 0.1) is 0 Å². The van der Waals surface area contributed by atoms with E-state index in [9.17, 15) is 0 Å². The summed E-state index contributed by atoms with van der Waals surface area (Å²) in [6.07, 6.45) is 0.446. The summed E-state index contributed by atoms with van der Waals surface area (Å²) < 4.78 is 0. The molecule has 0 radical (unpaired) electrons. The van der Waals surface area contributed by atoms with Crippen molar-refractivity contribution in [1.29, 1.82) is 0 Å². The maximum atomic E-state index is 8.45. The molecular weight excluding hydrogens is 120 g/mol. The highest BCUT2D eigenvalue weighted by atomic mass is 16.3. The van der Waals surface area contributed by atoms with Crippen LogP contribution in [-0.4, -0.2) is 35.5 Å². The third-order valence-electron chi connectivity index (χ3n) is 1.22. The van der Waals surface area contributed by atoms with Crippen molar-refractivity contribution in [1.82, 2.24) is 0 Å². The van der Waals surface area contributed by atoms with Crippen LogP contribution in [0.3, 0.4) is 0 Å². The van der Waals surface area contributed by atoms with Gasteiger partial charge in [0.15, 0.2) is 0 Å². The fourth-order valence-corrected chi connectivity index (χ4v) is 0.499. The van der Waals surface area contributed by atoms with Crippen molar-refractivity contribution >= 4 is 0 Å². The Balaban J connectivity index is 3.32. The van der Waals surface area contributed by atoms with Gasteiger partial charge in [0, 0.05) is 18.7 Å². The second-order valence-electron chi connectivity index (χ2n) is 2.02. The van der Waals surface area contributed by atoms with E-state index in [1.54, 1.807) is 0 Å². The SMILES string of the molecule is N[C@H](CCO)[C@@H](N)CO. The average molecular weight is 134 g/mol. The lowest BCUT2D eigenvalue weighted by molar-refractivity contribution is 0.222. The molecule has 0 rings (SSSR count). The third-order valence-corrected chi connectivity index (χ3v) is 1.22. The summed E-state index contributed by atoms with van der Waals surface area (Å²) in [5, 5.41) is 16.8. The normalized spacial score (nSPS) is 17.3. The molecule has 4 heteroatoms. The van der Waals surface area contributed by atoms with Gasteiger partial charge in [-0.25, -0.2) is 0 Å². The number of hydrogen-bond acceptors (Lipinski definition) is 4. The molecule has 2 atom stereocenters. The molecule has 0 saturated heterocycles. The van der Waals surface area contributed by atoms with Crippen molar-refractivity contribution in [2.45, 2.75) is 18.5 Å². The van der Waals surface area contributed by atoms with Gasteiger partial charge < -0.3 is 21.7 Å². The quantitative estimate of drug-likeness (QED) is 0.358. The van der Waals surface area contributed by atoms with Crippen molar-refractivity contribution < 1.29 is 10.2 Å². The molecule has 0 heterocycles. The predicted molar refractivity (Wildman–Crippen MR) is 34.7 cm³/mol. The smallest absolute Gasteiger partial charge is 0.0597 e. The molecule has 0 aliphatic rings. The van der Waals surface area contributed by atoms with Gasteiger partial charge in [0.2, 0.25) is 0 Å². The van der Waals surface area contributed by atoms with Crippen LogP contribution in [0.5, 0.6) is 0 Å². The number of nitrogens with two attached hydrogens (primary N) is 2. The molecule has 0 fully saturated rings. The molecule has 9 heavy (non-hydrogen) atoms. The number of hydrogen-bond donors (Lipinski definition) is 4. The fourth-order valence-electron chi connectivity index (χ4n) is 0.499. The van der Waals surface area contributed by atoms with E-state index < -0.39 is 6.04 Å². The van der Waals surface area contributed by atoms with E-state index in [2.05, 4.69) is 0 Å². The average Bonchev–Trinajstić information content (AvgIpc) is 1.87. The standard InChI is InChI=1S/C5H14N2O2/c6-4(1-2-8)5(7)3-9/h4-5,8-9H,1-3,6-7H2/t4-,5+/m1/s1. The zero-order chi connectivity index (χ0) is 7.28. The lowest BCUT2D eigenvalue weighted by Gasteiger charge is -2.15. The first-order valence-corrected chi connectivity index (χ1v) is 2.95. The summed E-state index contributed by atoms with van der Waals surface area (Å²) in [6.45, 7) is -0.101. The molecule has 0 aliphatic carbocycles. The highest BCUT2D eigenvalue weighted by molar-refractivity contribution is 4.73. The second-order valence-corrected chi connectivity index (χ2v) is 2.02. The van der Waals surface area contributed by atoms with Crippen molar-refractivity contribution in [3.05, 3.63) is 0 Å². The number of aliphatic hydroxyl groups excluding tert-OH is 2. The summed E-state index contributed by atoms with van der Waals surface area (Å²) >= 11 is 0. The maximum absolute atomic E-state index is 8.45. The van der Waals surface area contributed by atoms with Crippen LogP contribution >= 0.6 is 0 Å². The fraction of sp³-hybridized carbons (Fsp3) is 1.00.